The molecule has 1 aromatic rings. The molecule has 3 N–H and O–H groups in total. The molecule has 0 spiro atoms. The van der Waals surface area contributed by atoms with Crippen LogP contribution in [0.15, 0.2) is 11.6 Å². The van der Waals surface area contributed by atoms with Crippen LogP contribution in [-0.2, 0) is 9.53 Å². The van der Waals surface area contributed by atoms with E-state index in [0.717, 1.165) is 6.42 Å². The first-order chi connectivity index (χ1) is 7.24. The molecule has 1 unspecified atom stereocenters. The van der Waals surface area contributed by atoms with Crippen molar-refractivity contribution in [1.29, 1.82) is 0 Å². The number of methoxy groups -OCH3 is 1. The zero-order valence-electron chi connectivity index (χ0n) is 8.60. The first kappa shape index (κ1) is 12.1. The molecule has 0 fully saturated rings. The highest BCUT2D eigenvalue weighted by molar-refractivity contribution is 7.13. The summed E-state index contributed by atoms with van der Waals surface area (Å²) >= 11 is 1.37. The molecule has 15 heavy (non-hydrogen) atoms. The van der Waals surface area contributed by atoms with Gasteiger partial charge < -0.3 is 15.8 Å². The molecule has 0 aliphatic carbocycles. The van der Waals surface area contributed by atoms with Gasteiger partial charge in [0.25, 0.3) is 0 Å². The van der Waals surface area contributed by atoms with E-state index in [1.165, 1.54) is 11.3 Å². The van der Waals surface area contributed by atoms with Gasteiger partial charge in [-0.15, -0.1) is 11.3 Å². The van der Waals surface area contributed by atoms with Gasteiger partial charge in [0.1, 0.15) is 0 Å². The predicted octanol–water partition coefficient (Wildman–Crippen LogP) is 0.836. The van der Waals surface area contributed by atoms with E-state index in [2.05, 4.69) is 10.3 Å². The minimum atomic E-state index is -0.496. The van der Waals surface area contributed by atoms with Crippen LogP contribution >= 0.6 is 11.3 Å². The van der Waals surface area contributed by atoms with Gasteiger partial charge in [0.15, 0.2) is 5.13 Å². The summed E-state index contributed by atoms with van der Waals surface area (Å²) in [4.78, 5) is 15.4. The summed E-state index contributed by atoms with van der Waals surface area (Å²) in [6, 6.07) is -0.496. The summed E-state index contributed by atoms with van der Waals surface area (Å²) < 4.78 is 4.88. The average molecular weight is 229 g/mol. The molecule has 84 valence electrons. The van der Waals surface area contributed by atoms with Crippen LogP contribution in [0.25, 0.3) is 0 Å². The molecular formula is C9H15N3O2S. The molecule has 0 aliphatic rings. The standard InChI is InChI=1S/C9H15N3O2S/c1-14-5-2-3-7(10)8(13)12-9-11-4-6-15-9/h4,6-7H,2-3,5,10H2,1H3,(H,11,12,13). The molecule has 1 heterocycles. The first-order valence-electron chi connectivity index (χ1n) is 4.69. The predicted molar refractivity (Wildman–Crippen MR) is 59.8 cm³/mol. The zero-order chi connectivity index (χ0) is 11.1. The second kappa shape index (κ2) is 6.49. The van der Waals surface area contributed by atoms with Gasteiger partial charge in [-0.25, -0.2) is 4.98 Å². The van der Waals surface area contributed by atoms with Crippen LogP contribution < -0.4 is 11.1 Å². The molecule has 0 aliphatic heterocycles. The van der Waals surface area contributed by atoms with Gasteiger partial charge in [-0.1, -0.05) is 0 Å². The van der Waals surface area contributed by atoms with E-state index in [9.17, 15) is 4.79 Å². The fourth-order valence-electron chi connectivity index (χ4n) is 1.06. The number of ether oxygens (including phenoxy) is 1. The number of rotatable bonds is 6. The Morgan fingerprint density at radius 3 is 3.20 bits per heavy atom. The van der Waals surface area contributed by atoms with E-state index < -0.39 is 6.04 Å². The molecule has 0 bridgehead atoms. The van der Waals surface area contributed by atoms with Gasteiger partial charge in [-0.3, -0.25) is 4.79 Å². The Hall–Kier alpha value is -0.980. The lowest BCUT2D eigenvalue weighted by Crippen LogP contribution is -2.35. The second-order valence-electron chi connectivity index (χ2n) is 3.07. The van der Waals surface area contributed by atoms with Gasteiger partial charge in [0, 0.05) is 25.3 Å². The van der Waals surface area contributed by atoms with E-state index in [0.29, 0.717) is 18.2 Å². The molecule has 0 radical (unpaired) electrons. The van der Waals surface area contributed by atoms with Crippen molar-refractivity contribution in [2.75, 3.05) is 19.0 Å². The van der Waals surface area contributed by atoms with Crippen molar-refractivity contribution in [3.05, 3.63) is 11.6 Å². The van der Waals surface area contributed by atoms with Crippen molar-refractivity contribution in [2.24, 2.45) is 5.73 Å². The zero-order valence-corrected chi connectivity index (χ0v) is 9.42. The van der Waals surface area contributed by atoms with E-state index >= 15 is 0 Å². The van der Waals surface area contributed by atoms with Crippen molar-refractivity contribution >= 4 is 22.4 Å². The lowest BCUT2D eigenvalue weighted by molar-refractivity contribution is -0.117. The highest BCUT2D eigenvalue weighted by Gasteiger charge is 2.13. The minimum Gasteiger partial charge on any atom is -0.385 e. The van der Waals surface area contributed by atoms with Gasteiger partial charge >= 0.3 is 0 Å². The number of hydrogen-bond donors (Lipinski definition) is 2. The molecule has 1 rings (SSSR count). The van der Waals surface area contributed by atoms with E-state index in [1.807, 2.05) is 0 Å². The molecule has 0 saturated heterocycles. The third kappa shape index (κ3) is 4.37. The third-order valence-electron chi connectivity index (χ3n) is 1.86. The van der Waals surface area contributed by atoms with Gasteiger partial charge in [0.05, 0.1) is 6.04 Å². The van der Waals surface area contributed by atoms with Crippen LogP contribution in [0, 0.1) is 0 Å². The number of thiazole rings is 1. The number of carbonyl (C=O) groups excluding carboxylic acids is 1. The SMILES string of the molecule is COCCCC(N)C(=O)Nc1nccs1. The molecular weight excluding hydrogens is 214 g/mol. The maximum absolute atomic E-state index is 11.5. The maximum Gasteiger partial charge on any atom is 0.243 e. The van der Waals surface area contributed by atoms with Crippen LogP contribution in [0.1, 0.15) is 12.8 Å². The fourth-order valence-corrected chi connectivity index (χ4v) is 1.59. The molecule has 0 saturated carbocycles. The fraction of sp³-hybridized carbons (Fsp3) is 0.556. The Morgan fingerprint density at radius 2 is 2.60 bits per heavy atom. The topological polar surface area (TPSA) is 77.2 Å². The van der Waals surface area contributed by atoms with Crippen molar-refractivity contribution < 1.29 is 9.53 Å². The van der Waals surface area contributed by atoms with Crippen LogP contribution in [0.5, 0.6) is 0 Å². The third-order valence-corrected chi connectivity index (χ3v) is 2.55. The number of hydrogen-bond acceptors (Lipinski definition) is 5. The monoisotopic (exact) mass is 229 g/mol. The van der Waals surface area contributed by atoms with Crippen LogP contribution in [-0.4, -0.2) is 30.6 Å². The largest absolute Gasteiger partial charge is 0.385 e. The van der Waals surface area contributed by atoms with E-state index in [-0.39, 0.29) is 5.91 Å². The number of aromatic nitrogens is 1. The second-order valence-corrected chi connectivity index (χ2v) is 3.96. The summed E-state index contributed by atoms with van der Waals surface area (Å²) in [6.45, 7) is 0.623. The molecule has 0 aromatic carbocycles. The Kier molecular flexibility index (Phi) is 5.23. The number of carbonyl (C=O) groups is 1. The number of nitrogens with one attached hydrogen (secondary N) is 1. The highest BCUT2D eigenvalue weighted by Crippen LogP contribution is 2.10. The Balaban J connectivity index is 2.27. The lowest BCUT2D eigenvalue weighted by atomic mass is 10.1. The smallest absolute Gasteiger partial charge is 0.243 e. The Labute approximate surface area is 92.6 Å². The Morgan fingerprint density at radius 1 is 1.80 bits per heavy atom. The summed E-state index contributed by atoms with van der Waals surface area (Å²) in [5, 5.41) is 5.03. The van der Waals surface area contributed by atoms with Gasteiger partial charge in [-0.2, -0.15) is 0 Å². The summed E-state index contributed by atoms with van der Waals surface area (Å²) in [7, 11) is 1.63. The minimum absolute atomic E-state index is 0.193. The average Bonchev–Trinajstić information content (AvgIpc) is 2.70. The number of anilines is 1. The maximum atomic E-state index is 11.5. The first-order valence-corrected chi connectivity index (χ1v) is 5.57. The van der Waals surface area contributed by atoms with Crippen LogP contribution in [0.3, 0.4) is 0 Å². The van der Waals surface area contributed by atoms with Crippen LogP contribution in [0.2, 0.25) is 0 Å². The molecule has 1 aromatic heterocycles. The summed E-state index contributed by atoms with van der Waals surface area (Å²) in [5.41, 5.74) is 5.68. The van der Waals surface area contributed by atoms with E-state index in [4.69, 9.17) is 10.5 Å². The van der Waals surface area contributed by atoms with Gasteiger partial charge in [-0.05, 0) is 12.8 Å². The van der Waals surface area contributed by atoms with Gasteiger partial charge in [0.2, 0.25) is 5.91 Å². The number of nitrogens with two attached hydrogens (primary N) is 1. The molecule has 1 atom stereocenters. The van der Waals surface area contributed by atoms with E-state index in [1.54, 1.807) is 18.7 Å². The Bertz CT molecular complexity index is 290. The summed E-state index contributed by atoms with van der Waals surface area (Å²) in [5.74, 6) is -0.193. The normalized spacial score (nSPS) is 12.4. The summed E-state index contributed by atoms with van der Waals surface area (Å²) in [6.07, 6.45) is 3.03. The number of nitrogens with zero attached hydrogens (tertiary/aromatic N) is 1. The lowest BCUT2D eigenvalue weighted by Gasteiger charge is -2.09. The van der Waals surface area contributed by atoms with Crippen molar-refractivity contribution in [3.8, 4) is 0 Å². The highest BCUT2D eigenvalue weighted by atomic mass is 32.1. The molecule has 5 nitrogen and oxygen atoms in total. The quantitative estimate of drug-likeness (QED) is 0.708. The molecule has 1 amide bonds. The molecule has 6 heteroatoms. The van der Waals surface area contributed by atoms with Crippen molar-refractivity contribution in [1.82, 2.24) is 4.98 Å². The van der Waals surface area contributed by atoms with Crippen LogP contribution in [0.4, 0.5) is 5.13 Å². The van der Waals surface area contributed by atoms with Crippen molar-refractivity contribution in [2.45, 2.75) is 18.9 Å². The number of amides is 1. The van der Waals surface area contributed by atoms with Crippen molar-refractivity contribution in [3.63, 3.8) is 0 Å².